The van der Waals surface area contributed by atoms with Crippen LogP contribution < -0.4 is 0 Å². The van der Waals surface area contributed by atoms with Crippen molar-refractivity contribution in [2.75, 3.05) is 13.7 Å². The van der Waals surface area contributed by atoms with E-state index in [1.165, 1.54) is 12.1 Å². The van der Waals surface area contributed by atoms with Crippen LogP contribution in [0, 0.1) is 0 Å². The van der Waals surface area contributed by atoms with E-state index in [4.69, 9.17) is 4.74 Å². The summed E-state index contributed by atoms with van der Waals surface area (Å²) in [6.07, 6.45) is 1.70. The number of hydrogen-bond donors (Lipinski definition) is 0. The third-order valence-electron chi connectivity index (χ3n) is 1.02. The van der Waals surface area contributed by atoms with Crippen molar-refractivity contribution in [1.29, 1.82) is 0 Å². The second-order valence-electron chi connectivity index (χ2n) is 1.64. The van der Waals surface area contributed by atoms with Crippen molar-refractivity contribution in [3.8, 4) is 0 Å². The highest BCUT2D eigenvalue weighted by Gasteiger charge is 2.04. The van der Waals surface area contributed by atoms with Crippen molar-refractivity contribution in [2.24, 2.45) is 9.39 Å². The third-order valence-corrected chi connectivity index (χ3v) is 1.82. The van der Waals surface area contributed by atoms with Gasteiger partial charge < -0.3 is 4.74 Å². The summed E-state index contributed by atoms with van der Waals surface area (Å²) in [5, 5.41) is 0. The maximum atomic E-state index is 4.79. The lowest BCUT2D eigenvalue weighted by Gasteiger charge is -2.14. The van der Waals surface area contributed by atoms with Gasteiger partial charge in [-0.1, -0.05) is 0 Å². The van der Waals surface area contributed by atoms with Gasteiger partial charge in [0.2, 0.25) is 0 Å². The lowest BCUT2D eigenvalue weighted by atomic mass is 10.8. The highest BCUT2D eigenvalue weighted by Crippen LogP contribution is 2.12. The lowest BCUT2D eigenvalue weighted by molar-refractivity contribution is 0.397. The van der Waals surface area contributed by atoms with Gasteiger partial charge in [-0.25, -0.2) is 0 Å². The Bertz CT molecular complexity index is 168. The molecule has 5 heteroatoms. The summed E-state index contributed by atoms with van der Waals surface area (Å²) < 4.78 is 10.6. The lowest BCUT2D eigenvalue weighted by Crippen LogP contribution is -2.16. The van der Waals surface area contributed by atoms with Gasteiger partial charge in [0.25, 0.3) is 0 Å². The van der Waals surface area contributed by atoms with E-state index >= 15 is 0 Å². The van der Waals surface area contributed by atoms with Crippen LogP contribution in [0.3, 0.4) is 0 Å². The van der Waals surface area contributed by atoms with E-state index in [-0.39, 0.29) is 0 Å². The second-order valence-corrected chi connectivity index (χ2v) is 2.45. The Labute approximate surface area is 64.3 Å². The molecule has 0 aliphatic carbocycles. The first-order valence-corrected chi connectivity index (χ1v) is 3.69. The zero-order valence-corrected chi connectivity index (χ0v) is 6.76. The van der Waals surface area contributed by atoms with Crippen LogP contribution in [0.15, 0.2) is 9.39 Å². The monoisotopic (exact) mass is 159 g/mol. The molecule has 1 heterocycles. The largest absolute Gasteiger partial charge is 0.466 e. The molecule has 56 valence electrons. The minimum Gasteiger partial charge on any atom is -0.466 e. The van der Waals surface area contributed by atoms with Crippen LogP contribution in [0.25, 0.3) is 0 Å². The number of aliphatic imine (C=N–C) groups is 1. The van der Waals surface area contributed by atoms with Gasteiger partial charge in [-0.05, 0) is 6.92 Å². The summed E-state index contributed by atoms with van der Waals surface area (Å²) >= 11 is 1.34. The second kappa shape index (κ2) is 3.46. The molecule has 0 unspecified atom stereocenters. The molecule has 0 aromatic rings. The first-order valence-electron chi connectivity index (χ1n) is 2.96. The van der Waals surface area contributed by atoms with Gasteiger partial charge in [0.1, 0.15) is 6.34 Å². The molecule has 0 saturated carbocycles. The number of rotatable bonds is 1. The van der Waals surface area contributed by atoms with Gasteiger partial charge in [-0.2, -0.15) is 4.99 Å². The van der Waals surface area contributed by atoms with Crippen LogP contribution in [0.2, 0.25) is 0 Å². The molecular formula is C5H9N3OS. The molecule has 1 aliphatic rings. The zero-order chi connectivity index (χ0) is 7.40. The van der Waals surface area contributed by atoms with E-state index in [2.05, 4.69) is 9.39 Å². The molecule has 0 saturated heterocycles. The van der Waals surface area contributed by atoms with Crippen molar-refractivity contribution >= 4 is 24.5 Å². The summed E-state index contributed by atoms with van der Waals surface area (Å²) in [5.74, 6) is 0. The normalized spacial score (nSPS) is 17.0. The summed E-state index contributed by atoms with van der Waals surface area (Å²) in [6.45, 7) is 2.93. The molecule has 1 rings (SSSR count). The van der Waals surface area contributed by atoms with Gasteiger partial charge in [0, 0.05) is 6.54 Å². The summed E-state index contributed by atoms with van der Waals surface area (Å²) in [4.78, 5) is 3.91. The maximum absolute atomic E-state index is 4.79. The maximum Gasteiger partial charge on any atom is 0.326 e. The standard InChI is InChI=1S/C5H9N3OS/c1-3-8-4-6-5(9-2)7-10-8/h4H,3H2,1-2H3. The molecule has 0 spiro atoms. The number of ether oxygens (including phenoxy) is 1. The first-order chi connectivity index (χ1) is 4.86. The minimum atomic E-state index is 0.426. The smallest absolute Gasteiger partial charge is 0.326 e. The van der Waals surface area contributed by atoms with E-state index in [0.29, 0.717) is 6.02 Å². The van der Waals surface area contributed by atoms with Crippen molar-refractivity contribution < 1.29 is 4.74 Å². The highest BCUT2D eigenvalue weighted by atomic mass is 32.2. The fraction of sp³-hybridized carbons (Fsp3) is 0.600. The SMILES string of the molecule is CCN1C=NC(OC)=NS1. The van der Waals surface area contributed by atoms with Crippen molar-refractivity contribution in [3.05, 3.63) is 0 Å². The summed E-state index contributed by atoms with van der Waals surface area (Å²) in [7, 11) is 1.55. The topological polar surface area (TPSA) is 37.2 Å². The van der Waals surface area contributed by atoms with Crippen molar-refractivity contribution in [2.45, 2.75) is 6.92 Å². The van der Waals surface area contributed by atoms with Crippen LogP contribution in [0.4, 0.5) is 0 Å². The third kappa shape index (κ3) is 1.63. The van der Waals surface area contributed by atoms with Crippen LogP contribution >= 0.6 is 12.1 Å². The molecule has 0 N–H and O–H groups in total. The number of nitrogens with zero attached hydrogens (tertiary/aromatic N) is 3. The molecule has 1 aliphatic heterocycles. The van der Waals surface area contributed by atoms with Crippen molar-refractivity contribution in [3.63, 3.8) is 0 Å². The average Bonchev–Trinajstić information content (AvgIpc) is 2.05. The molecule has 0 radical (unpaired) electrons. The van der Waals surface area contributed by atoms with Crippen LogP contribution in [-0.2, 0) is 4.74 Å². The van der Waals surface area contributed by atoms with Crippen LogP contribution in [0.1, 0.15) is 6.92 Å². The molecule has 4 nitrogen and oxygen atoms in total. The van der Waals surface area contributed by atoms with E-state index in [9.17, 15) is 0 Å². The minimum absolute atomic E-state index is 0.426. The molecule has 0 bridgehead atoms. The first kappa shape index (κ1) is 7.40. The van der Waals surface area contributed by atoms with E-state index < -0.39 is 0 Å². The molecule has 0 fully saturated rings. The fourth-order valence-electron chi connectivity index (χ4n) is 0.475. The Kier molecular flexibility index (Phi) is 2.56. The highest BCUT2D eigenvalue weighted by molar-refractivity contribution is 7.96. The van der Waals surface area contributed by atoms with Gasteiger partial charge in [0.05, 0.1) is 19.2 Å². The molecule has 0 atom stereocenters. The van der Waals surface area contributed by atoms with Gasteiger partial charge in [-0.3, -0.25) is 4.31 Å². The Hall–Kier alpha value is -0.710. The van der Waals surface area contributed by atoms with Crippen LogP contribution in [0.5, 0.6) is 0 Å². The average molecular weight is 159 g/mol. The Balaban J connectivity index is 2.46. The Morgan fingerprint density at radius 2 is 2.60 bits per heavy atom. The Morgan fingerprint density at radius 3 is 3.00 bits per heavy atom. The van der Waals surface area contributed by atoms with E-state index in [1.54, 1.807) is 13.4 Å². The number of methoxy groups -OCH3 is 1. The van der Waals surface area contributed by atoms with Crippen LogP contribution in [-0.4, -0.2) is 30.3 Å². The Morgan fingerprint density at radius 1 is 1.80 bits per heavy atom. The summed E-state index contributed by atoms with van der Waals surface area (Å²) in [5.41, 5.74) is 0. The van der Waals surface area contributed by atoms with E-state index in [0.717, 1.165) is 6.54 Å². The number of amidine groups is 1. The van der Waals surface area contributed by atoms with E-state index in [1.807, 2.05) is 11.2 Å². The number of hydrogen-bond acceptors (Lipinski definition) is 5. The molecule has 0 aromatic carbocycles. The summed E-state index contributed by atoms with van der Waals surface area (Å²) in [6, 6.07) is 0.426. The molecule has 0 amide bonds. The van der Waals surface area contributed by atoms with Crippen molar-refractivity contribution in [1.82, 2.24) is 4.31 Å². The quantitative estimate of drug-likeness (QED) is 0.534. The predicted octanol–water partition coefficient (Wildman–Crippen LogP) is 0.916. The van der Waals surface area contributed by atoms with Gasteiger partial charge in [0.15, 0.2) is 0 Å². The molecule has 10 heavy (non-hydrogen) atoms. The van der Waals surface area contributed by atoms with Gasteiger partial charge >= 0.3 is 6.02 Å². The predicted molar refractivity (Wildman–Crippen MR) is 42.9 cm³/mol. The molecular weight excluding hydrogens is 150 g/mol. The molecule has 0 aromatic heterocycles. The zero-order valence-electron chi connectivity index (χ0n) is 5.94. The fourth-order valence-corrected chi connectivity index (χ4v) is 0.976. The van der Waals surface area contributed by atoms with Gasteiger partial charge in [-0.15, -0.1) is 4.40 Å².